The Kier molecular flexibility index (Phi) is 4.51. The van der Waals surface area contributed by atoms with Crippen molar-refractivity contribution in [3.8, 4) is 0 Å². The summed E-state index contributed by atoms with van der Waals surface area (Å²) in [4.78, 5) is 22.0. The van der Waals surface area contributed by atoms with Crippen molar-refractivity contribution in [2.24, 2.45) is 17.3 Å². The van der Waals surface area contributed by atoms with E-state index in [1.165, 1.54) is 0 Å². The van der Waals surface area contributed by atoms with Gasteiger partial charge in [-0.25, -0.2) is 0 Å². The zero-order valence-electron chi connectivity index (χ0n) is 10.7. The molecule has 0 bridgehead atoms. The van der Waals surface area contributed by atoms with Gasteiger partial charge in [0.1, 0.15) is 0 Å². The maximum Gasteiger partial charge on any atom is 0.290 e. The Morgan fingerprint density at radius 2 is 1.94 bits per heavy atom. The van der Waals surface area contributed by atoms with E-state index in [1.807, 2.05) is 4.90 Å². The average Bonchev–Trinajstić information content (AvgIpc) is 2.71. The largest absolute Gasteiger partial charge is 0.483 e. The summed E-state index contributed by atoms with van der Waals surface area (Å²) in [6, 6.07) is 0. The van der Waals surface area contributed by atoms with Gasteiger partial charge in [0.15, 0.2) is 0 Å². The fourth-order valence-corrected chi connectivity index (χ4v) is 2.68. The van der Waals surface area contributed by atoms with Crippen molar-refractivity contribution >= 4 is 12.4 Å². The molecule has 1 amide bonds. The Morgan fingerprint density at radius 1 is 1.47 bits per heavy atom. The molecule has 0 radical (unpaired) electrons. The highest BCUT2D eigenvalue weighted by atomic mass is 16.5. The standard InChI is InChI=1S/C11H19NO2.CH2O2/c1-11(2)8-6-12(7-9(8)11)10(13)4-5-14-3;2-1-3/h8-9H,4-7H2,1-3H3;1H,(H,2,3). The first-order valence-electron chi connectivity index (χ1n) is 5.83. The van der Waals surface area contributed by atoms with E-state index in [0.29, 0.717) is 18.4 Å². The number of nitrogens with zero attached hydrogens (tertiary/aromatic N) is 1. The van der Waals surface area contributed by atoms with Crippen molar-refractivity contribution in [2.45, 2.75) is 20.3 Å². The van der Waals surface area contributed by atoms with Crippen molar-refractivity contribution in [3.05, 3.63) is 0 Å². The number of likely N-dealkylation sites (tertiary alicyclic amines) is 1. The first-order chi connectivity index (χ1) is 7.98. The smallest absolute Gasteiger partial charge is 0.290 e. The molecular formula is C12H21NO4. The molecular weight excluding hydrogens is 222 g/mol. The molecule has 2 atom stereocenters. The second-order valence-corrected chi connectivity index (χ2v) is 5.18. The molecule has 0 aromatic heterocycles. The maximum atomic E-state index is 11.6. The number of methoxy groups -OCH3 is 1. The first-order valence-corrected chi connectivity index (χ1v) is 5.83. The van der Waals surface area contributed by atoms with Gasteiger partial charge in [-0.2, -0.15) is 0 Å². The molecule has 1 aliphatic carbocycles. The normalized spacial score (nSPS) is 27.8. The highest BCUT2D eigenvalue weighted by molar-refractivity contribution is 5.77. The summed E-state index contributed by atoms with van der Waals surface area (Å²) in [5, 5.41) is 6.89. The molecule has 1 saturated carbocycles. The van der Waals surface area contributed by atoms with Crippen LogP contribution in [0.5, 0.6) is 0 Å². The van der Waals surface area contributed by atoms with E-state index in [1.54, 1.807) is 7.11 Å². The number of carbonyl (C=O) groups excluding carboxylic acids is 1. The lowest BCUT2D eigenvalue weighted by Crippen LogP contribution is -2.33. The van der Waals surface area contributed by atoms with Crippen LogP contribution in [0.1, 0.15) is 20.3 Å². The Bertz CT molecular complexity index is 276. The van der Waals surface area contributed by atoms with Crippen molar-refractivity contribution in [3.63, 3.8) is 0 Å². The Morgan fingerprint density at radius 3 is 2.35 bits per heavy atom. The van der Waals surface area contributed by atoms with Gasteiger partial charge in [0, 0.05) is 20.2 Å². The average molecular weight is 243 g/mol. The minimum absolute atomic E-state index is 0.250. The summed E-state index contributed by atoms with van der Waals surface area (Å²) in [7, 11) is 1.64. The van der Waals surface area contributed by atoms with Gasteiger partial charge in [-0.3, -0.25) is 9.59 Å². The van der Waals surface area contributed by atoms with Gasteiger partial charge in [-0.1, -0.05) is 13.8 Å². The lowest BCUT2D eigenvalue weighted by molar-refractivity contribution is -0.132. The molecule has 2 unspecified atom stereocenters. The number of rotatable bonds is 3. The van der Waals surface area contributed by atoms with Crippen LogP contribution in [0.4, 0.5) is 0 Å². The summed E-state index contributed by atoms with van der Waals surface area (Å²) < 4.78 is 4.90. The van der Waals surface area contributed by atoms with Crippen molar-refractivity contribution < 1.29 is 19.4 Å². The minimum Gasteiger partial charge on any atom is -0.483 e. The molecule has 0 spiro atoms. The quantitative estimate of drug-likeness (QED) is 0.746. The summed E-state index contributed by atoms with van der Waals surface area (Å²) in [6.45, 7) is 6.85. The monoisotopic (exact) mass is 243 g/mol. The molecule has 17 heavy (non-hydrogen) atoms. The Labute approximate surface area is 102 Å². The number of hydrogen-bond donors (Lipinski definition) is 1. The first kappa shape index (κ1) is 14.0. The van der Waals surface area contributed by atoms with Crippen molar-refractivity contribution in [2.75, 3.05) is 26.8 Å². The number of fused-ring (bicyclic) bond motifs is 1. The highest BCUT2D eigenvalue weighted by Crippen LogP contribution is 2.61. The summed E-state index contributed by atoms with van der Waals surface area (Å²) in [5.41, 5.74) is 0.498. The molecule has 2 rings (SSSR count). The fraction of sp³-hybridized carbons (Fsp3) is 0.833. The predicted molar refractivity (Wildman–Crippen MR) is 62.5 cm³/mol. The third-order valence-corrected chi connectivity index (χ3v) is 3.99. The molecule has 0 aromatic carbocycles. The molecule has 1 N–H and O–H groups in total. The molecule has 1 saturated heterocycles. The third kappa shape index (κ3) is 2.97. The van der Waals surface area contributed by atoms with Crippen LogP contribution in [0.15, 0.2) is 0 Å². The van der Waals surface area contributed by atoms with Crippen LogP contribution < -0.4 is 0 Å². The lowest BCUT2D eigenvalue weighted by atomic mass is 10.1. The molecule has 5 heteroatoms. The van der Waals surface area contributed by atoms with E-state index in [-0.39, 0.29) is 12.4 Å². The van der Waals surface area contributed by atoms with Gasteiger partial charge < -0.3 is 14.7 Å². The van der Waals surface area contributed by atoms with E-state index in [0.717, 1.165) is 24.9 Å². The molecule has 5 nitrogen and oxygen atoms in total. The third-order valence-electron chi connectivity index (χ3n) is 3.99. The Balaban J connectivity index is 0.000000437. The van der Waals surface area contributed by atoms with Gasteiger partial charge in [0.05, 0.1) is 13.0 Å². The number of hydrogen-bond acceptors (Lipinski definition) is 3. The number of ether oxygens (including phenoxy) is 1. The molecule has 98 valence electrons. The van der Waals surface area contributed by atoms with E-state index in [2.05, 4.69) is 13.8 Å². The maximum absolute atomic E-state index is 11.6. The van der Waals surface area contributed by atoms with Gasteiger partial charge in [-0.15, -0.1) is 0 Å². The highest BCUT2D eigenvalue weighted by Gasteiger charge is 2.62. The van der Waals surface area contributed by atoms with Crippen LogP contribution in [-0.2, 0) is 14.3 Å². The van der Waals surface area contributed by atoms with Crippen LogP contribution >= 0.6 is 0 Å². The minimum atomic E-state index is -0.250. The molecule has 1 aliphatic heterocycles. The van der Waals surface area contributed by atoms with Gasteiger partial charge in [0.25, 0.3) is 6.47 Å². The van der Waals surface area contributed by atoms with Crippen molar-refractivity contribution in [1.82, 2.24) is 4.90 Å². The van der Waals surface area contributed by atoms with Crippen LogP contribution in [0, 0.1) is 17.3 Å². The zero-order valence-corrected chi connectivity index (χ0v) is 10.7. The van der Waals surface area contributed by atoms with Crippen molar-refractivity contribution in [1.29, 1.82) is 0 Å². The van der Waals surface area contributed by atoms with Gasteiger partial charge in [0.2, 0.25) is 5.91 Å². The number of amides is 1. The topological polar surface area (TPSA) is 66.8 Å². The van der Waals surface area contributed by atoms with Crippen LogP contribution in [-0.4, -0.2) is 49.2 Å². The predicted octanol–water partition coefficient (Wildman–Crippen LogP) is 0.838. The van der Waals surface area contributed by atoms with Gasteiger partial charge in [-0.05, 0) is 17.3 Å². The summed E-state index contributed by atoms with van der Waals surface area (Å²) >= 11 is 0. The molecule has 1 heterocycles. The number of carbonyl (C=O) groups is 2. The lowest BCUT2D eigenvalue weighted by Gasteiger charge is -2.21. The molecule has 0 aromatic rings. The fourth-order valence-electron chi connectivity index (χ4n) is 2.68. The SMILES string of the molecule is COCCC(=O)N1CC2C(C1)C2(C)C.O=CO. The summed E-state index contributed by atoms with van der Waals surface area (Å²) in [6.07, 6.45) is 0.538. The Hall–Kier alpha value is -1.10. The van der Waals surface area contributed by atoms with Crippen LogP contribution in [0.3, 0.4) is 0 Å². The van der Waals surface area contributed by atoms with Crippen LogP contribution in [0.2, 0.25) is 0 Å². The molecule has 2 fully saturated rings. The molecule has 2 aliphatic rings. The van der Waals surface area contributed by atoms with E-state index in [4.69, 9.17) is 14.6 Å². The summed E-state index contributed by atoms with van der Waals surface area (Å²) in [5.74, 6) is 1.78. The second kappa shape index (κ2) is 5.49. The number of piperidine rings is 1. The number of carboxylic acid groups (broad SMARTS) is 1. The second-order valence-electron chi connectivity index (χ2n) is 5.18. The van der Waals surface area contributed by atoms with E-state index >= 15 is 0 Å². The van der Waals surface area contributed by atoms with E-state index in [9.17, 15) is 4.79 Å². The van der Waals surface area contributed by atoms with Gasteiger partial charge >= 0.3 is 0 Å². The van der Waals surface area contributed by atoms with Crippen LogP contribution in [0.25, 0.3) is 0 Å². The zero-order chi connectivity index (χ0) is 13.1. The van der Waals surface area contributed by atoms with E-state index < -0.39 is 0 Å².